The Balaban J connectivity index is 1.91. The first-order valence-electron chi connectivity index (χ1n) is 8.55. The molecule has 1 N–H and O–H groups in total. The average Bonchev–Trinajstić information content (AvgIpc) is 3.09. The van der Waals surface area contributed by atoms with Crippen LogP contribution < -0.4 is 4.74 Å². The number of carboxylic acids is 1. The third-order valence-corrected chi connectivity index (χ3v) is 4.47. The molecule has 0 unspecified atom stereocenters. The van der Waals surface area contributed by atoms with E-state index in [-0.39, 0.29) is 5.91 Å². The summed E-state index contributed by atoms with van der Waals surface area (Å²) >= 11 is 0. The number of hydrogen-bond donors (Lipinski definition) is 1. The lowest BCUT2D eigenvalue weighted by atomic mass is 10.1. The fourth-order valence-electron chi connectivity index (χ4n) is 2.96. The molecule has 1 fully saturated rings. The number of hydrogen-bond acceptors (Lipinski definition) is 4. The van der Waals surface area contributed by atoms with Crippen LogP contribution in [0.1, 0.15) is 37.0 Å². The first-order valence-corrected chi connectivity index (χ1v) is 8.55. The molecule has 0 spiro atoms. The van der Waals surface area contributed by atoms with Gasteiger partial charge in [0.1, 0.15) is 18.4 Å². The van der Waals surface area contributed by atoms with Gasteiger partial charge in [0.15, 0.2) is 0 Å². The Morgan fingerprint density at radius 1 is 1.25 bits per heavy atom. The number of benzene rings is 1. The van der Waals surface area contributed by atoms with Crippen molar-refractivity contribution in [1.29, 1.82) is 0 Å². The van der Waals surface area contributed by atoms with Crippen molar-refractivity contribution in [3.63, 3.8) is 0 Å². The molecule has 0 aromatic heterocycles. The summed E-state index contributed by atoms with van der Waals surface area (Å²) in [5.74, 6) is -0.443. The summed E-state index contributed by atoms with van der Waals surface area (Å²) in [7, 11) is 0. The van der Waals surface area contributed by atoms with Gasteiger partial charge in [-0.1, -0.05) is 13.8 Å². The molecule has 6 nitrogen and oxygen atoms in total. The number of carbonyl (C=O) groups is 2. The van der Waals surface area contributed by atoms with Crippen LogP contribution >= 0.6 is 0 Å². The van der Waals surface area contributed by atoms with Crippen LogP contribution in [-0.2, 0) is 4.79 Å². The molecule has 132 valence electrons. The maximum atomic E-state index is 12.5. The molecule has 1 saturated heterocycles. The van der Waals surface area contributed by atoms with Crippen LogP contribution in [0.3, 0.4) is 0 Å². The van der Waals surface area contributed by atoms with Gasteiger partial charge in [0, 0.05) is 18.7 Å². The van der Waals surface area contributed by atoms with Crippen LogP contribution in [-0.4, -0.2) is 65.6 Å². The van der Waals surface area contributed by atoms with Crippen molar-refractivity contribution in [3.8, 4) is 5.75 Å². The number of nitrogens with zero attached hydrogens (tertiary/aromatic N) is 2. The van der Waals surface area contributed by atoms with Crippen molar-refractivity contribution in [3.05, 3.63) is 29.8 Å². The Labute approximate surface area is 143 Å². The van der Waals surface area contributed by atoms with Gasteiger partial charge in [-0.3, -0.25) is 4.79 Å². The van der Waals surface area contributed by atoms with Gasteiger partial charge in [-0.2, -0.15) is 0 Å². The minimum Gasteiger partial charge on any atom is -0.492 e. The lowest BCUT2D eigenvalue weighted by Gasteiger charge is -2.21. The Morgan fingerprint density at radius 2 is 1.92 bits per heavy atom. The van der Waals surface area contributed by atoms with E-state index in [9.17, 15) is 14.7 Å². The van der Waals surface area contributed by atoms with Crippen LogP contribution in [0.5, 0.6) is 5.75 Å². The fourth-order valence-corrected chi connectivity index (χ4v) is 2.96. The largest absolute Gasteiger partial charge is 0.492 e. The molecule has 2 rings (SSSR count). The number of aliphatic carboxylic acids is 1. The summed E-state index contributed by atoms with van der Waals surface area (Å²) in [6.45, 7) is 8.18. The molecular formula is C18H26N2O4. The van der Waals surface area contributed by atoms with Gasteiger partial charge < -0.3 is 19.6 Å². The lowest BCUT2D eigenvalue weighted by Crippen LogP contribution is -2.40. The van der Waals surface area contributed by atoms with Crippen molar-refractivity contribution in [2.24, 2.45) is 0 Å². The molecule has 1 aliphatic heterocycles. The van der Waals surface area contributed by atoms with Crippen molar-refractivity contribution in [2.45, 2.75) is 32.7 Å². The van der Waals surface area contributed by atoms with Gasteiger partial charge >= 0.3 is 5.97 Å². The maximum absolute atomic E-state index is 12.5. The minimum absolute atomic E-state index is 0.227. The zero-order chi connectivity index (χ0) is 17.5. The SMILES string of the molecule is CCN(CC)CCOc1ccc(C(=O)N2CCC[C@@H]2C(=O)O)cc1. The van der Waals surface area contributed by atoms with Crippen molar-refractivity contribution >= 4 is 11.9 Å². The van der Waals surface area contributed by atoms with E-state index in [2.05, 4.69) is 18.7 Å². The molecular weight excluding hydrogens is 308 g/mol. The highest BCUT2D eigenvalue weighted by Gasteiger charge is 2.34. The number of likely N-dealkylation sites (tertiary alicyclic amines) is 1. The van der Waals surface area contributed by atoms with Crippen molar-refractivity contribution in [1.82, 2.24) is 9.80 Å². The summed E-state index contributed by atoms with van der Waals surface area (Å²) in [4.78, 5) is 27.4. The van der Waals surface area contributed by atoms with E-state index in [1.54, 1.807) is 24.3 Å². The standard InChI is InChI=1S/C18H26N2O4/c1-3-19(4-2)12-13-24-15-9-7-14(8-10-15)17(21)20-11-5-6-16(20)18(22)23/h7-10,16H,3-6,11-13H2,1-2H3,(H,22,23)/t16-/m1/s1. The molecule has 1 heterocycles. The summed E-state index contributed by atoms with van der Waals surface area (Å²) in [6.07, 6.45) is 1.25. The second-order valence-electron chi connectivity index (χ2n) is 5.89. The second kappa shape index (κ2) is 8.68. The quantitative estimate of drug-likeness (QED) is 0.788. The maximum Gasteiger partial charge on any atom is 0.326 e. The molecule has 6 heteroatoms. The Bertz CT molecular complexity index is 555. The third kappa shape index (κ3) is 4.47. The van der Waals surface area contributed by atoms with E-state index in [0.717, 1.165) is 31.8 Å². The van der Waals surface area contributed by atoms with Crippen LogP contribution in [0, 0.1) is 0 Å². The van der Waals surface area contributed by atoms with Gasteiger partial charge in [-0.25, -0.2) is 4.79 Å². The lowest BCUT2D eigenvalue weighted by molar-refractivity contribution is -0.141. The zero-order valence-electron chi connectivity index (χ0n) is 14.4. The molecule has 0 saturated carbocycles. The van der Waals surface area contributed by atoms with E-state index in [0.29, 0.717) is 25.1 Å². The summed E-state index contributed by atoms with van der Waals surface area (Å²) in [5, 5.41) is 9.19. The Hall–Kier alpha value is -2.08. The number of amides is 1. The van der Waals surface area contributed by atoms with Crippen LogP contribution in [0.2, 0.25) is 0 Å². The van der Waals surface area contributed by atoms with E-state index >= 15 is 0 Å². The van der Waals surface area contributed by atoms with Crippen LogP contribution in [0.15, 0.2) is 24.3 Å². The molecule has 24 heavy (non-hydrogen) atoms. The summed E-state index contributed by atoms with van der Waals surface area (Å²) in [5.41, 5.74) is 0.499. The number of carboxylic acid groups (broad SMARTS) is 1. The van der Waals surface area contributed by atoms with E-state index in [1.807, 2.05) is 0 Å². The predicted molar refractivity (Wildman–Crippen MR) is 91.4 cm³/mol. The van der Waals surface area contributed by atoms with Crippen LogP contribution in [0.25, 0.3) is 0 Å². The Morgan fingerprint density at radius 3 is 2.50 bits per heavy atom. The number of likely N-dealkylation sites (N-methyl/N-ethyl adjacent to an activating group) is 1. The second-order valence-corrected chi connectivity index (χ2v) is 5.89. The van der Waals surface area contributed by atoms with Gasteiger partial charge in [0.2, 0.25) is 0 Å². The molecule has 0 aliphatic carbocycles. The topological polar surface area (TPSA) is 70.1 Å². The normalized spacial score (nSPS) is 17.3. The fraction of sp³-hybridized carbons (Fsp3) is 0.556. The van der Waals surface area contributed by atoms with E-state index in [1.165, 1.54) is 4.90 Å². The molecule has 1 aromatic rings. The average molecular weight is 334 g/mol. The first-order chi connectivity index (χ1) is 11.6. The highest BCUT2D eigenvalue weighted by molar-refractivity contribution is 5.97. The third-order valence-electron chi connectivity index (χ3n) is 4.47. The summed E-state index contributed by atoms with van der Waals surface area (Å²) in [6, 6.07) is 6.23. The number of rotatable bonds is 8. The van der Waals surface area contributed by atoms with E-state index < -0.39 is 12.0 Å². The van der Waals surface area contributed by atoms with Crippen LogP contribution in [0.4, 0.5) is 0 Å². The van der Waals surface area contributed by atoms with Gasteiger partial charge in [-0.05, 0) is 50.2 Å². The number of carbonyl (C=O) groups excluding carboxylic acids is 1. The smallest absolute Gasteiger partial charge is 0.326 e. The molecule has 1 amide bonds. The molecule has 0 bridgehead atoms. The molecule has 1 aromatic carbocycles. The molecule has 0 radical (unpaired) electrons. The highest BCUT2D eigenvalue weighted by Crippen LogP contribution is 2.21. The minimum atomic E-state index is -0.933. The summed E-state index contributed by atoms with van der Waals surface area (Å²) < 4.78 is 5.70. The molecule has 1 aliphatic rings. The van der Waals surface area contributed by atoms with Gasteiger partial charge in [-0.15, -0.1) is 0 Å². The van der Waals surface area contributed by atoms with E-state index in [4.69, 9.17) is 4.74 Å². The monoisotopic (exact) mass is 334 g/mol. The van der Waals surface area contributed by atoms with Crippen molar-refractivity contribution < 1.29 is 19.4 Å². The molecule has 1 atom stereocenters. The Kier molecular flexibility index (Phi) is 6.61. The van der Waals surface area contributed by atoms with Crippen molar-refractivity contribution in [2.75, 3.05) is 32.8 Å². The zero-order valence-corrected chi connectivity index (χ0v) is 14.4. The highest BCUT2D eigenvalue weighted by atomic mass is 16.5. The van der Waals surface area contributed by atoms with Gasteiger partial charge in [0.05, 0.1) is 0 Å². The van der Waals surface area contributed by atoms with Gasteiger partial charge in [0.25, 0.3) is 5.91 Å². The first kappa shape index (κ1) is 18.3. The number of ether oxygens (including phenoxy) is 1. The predicted octanol–water partition coefficient (Wildman–Crippen LogP) is 2.10.